The molecule has 0 aromatic carbocycles. The van der Waals surface area contributed by atoms with Crippen molar-refractivity contribution >= 4 is 17.8 Å². The molecule has 11 heteroatoms. The van der Waals surface area contributed by atoms with Crippen molar-refractivity contribution < 1.29 is 14.8 Å². The Labute approximate surface area is 310 Å². The molecule has 5 rings (SSSR count). The van der Waals surface area contributed by atoms with E-state index in [9.17, 15) is 5.11 Å². The van der Waals surface area contributed by atoms with E-state index in [2.05, 4.69) is 66.8 Å². The van der Waals surface area contributed by atoms with E-state index < -0.39 is 0 Å². The fourth-order valence-electron chi connectivity index (χ4n) is 8.84. The molecule has 0 amide bonds. The number of aliphatic hydroxyl groups is 1. The van der Waals surface area contributed by atoms with Crippen molar-refractivity contribution in [1.29, 1.82) is 0 Å². The van der Waals surface area contributed by atoms with Gasteiger partial charge in [-0.2, -0.15) is 25.1 Å². The molecule has 2 atom stereocenters. The van der Waals surface area contributed by atoms with Gasteiger partial charge < -0.3 is 20.2 Å². The Morgan fingerprint density at radius 3 is 1.51 bits per heavy atom. The van der Waals surface area contributed by atoms with Crippen LogP contribution in [0.2, 0.25) is 0 Å². The zero-order valence-corrected chi connectivity index (χ0v) is 33.4. The Morgan fingerprint density at radius 1 is 0.667 bits per heavy atom. The van der Waals surface area contributed by atoms with Crippen molar-refractivity contribution in [1.82, 2.24) is 25.1 Å². The number of hydroxylamine groups is 4. The lowest BCUT2D eigenvalue weighted by molar-refractivity contribution is -0.262. The van der Waals surface area contributed by atoms with Gasteiger partial charge in [0.1, 0.15) is 0 Å². The average molecular weight is 715 g/mol. The van der Waals surface area contributed by atoms with E-state index >= 15 is 0 Å². The van der Waals surface area contributed by atoms with Crippen LogP contribution in [0.15, 0.2) is 0 Å². The number of aromatic nitrogens is 3. The number of unbranched alkanes of at least 4 members (excludes halogenated alkanes) is 2. The van der Waals surface area contributed by atoms with Crippen LogP contribution in [0.1, 0.15) is 164 Å². The van der Waals surface area contributed by atoms with Crippen LogP contribution in [0.4, 0.5) is 17.8 Å². The molecule has 1 aromatic rings. The van der Waals surface area contributed by atoms with Crippen molar-refractivity contribution in [3.63, 3.8) is 0 Å². The first-order valence-corrected chi connectivity index (χ1v) is 21.2. The van der Waals surface area contributed by atoms with E-state index in [0.29, 0.717) is 43.2 Å². The van der Waals surface area contributed by atoms with Gasteiger partial charge in [0.15, 0.2) is 0 Å². The zero-order valence-electron chi connectivity index (χ0n) is 33.4. The molecule has 4 aliphatic rings. The highest BCUT2D eigenvalue weighted by Gasteiger charge is 2.42. The van der Waals surface area contributed by atoms with Gasteiger partial charge in [-0.3, -0.25) is 9.68 Å². The van der Waals surface area contributed by atoms with Crippen LogP contribution in [-0.2, 0) is 9.68 Å². The second-order valence-corrected chi connectivity index (χ2v) is 17.2. The molecule has 2 saturated heterocycles. The van der Waals surface area contributed by atoms with Gasteiger partial charge in [0, 0.05) is 62.5 Å². The maximum Gasteiger partial charge on any atom is 0.232 e. The zero-order chi connectivity index (χ0) is 36.3. The molecule has 1 aromatic heterocycles. The van der Waals surface area contributed by atoms with Crippen LogP contribution < -0.4 is 15.1 Å². The lowest BCUT2D eigenvalue weighted by Crippen LogP contribution is -2.57. The molecule has 0 spiro atoms. The van der Waals surface area contributed by atoms with E-state index in [0.717, 1.165) is 89.4 Å². The molecular weight excluding hydrogens is 640 g/mol. The highest BCUT2D eigenvalue weighted by Crippen LogP contribution is 2.37. The molecule has 3 heterocycles. The minimum atomic E-state index is -0.0880. The molecule has 11 nitrogen and oxygen atoms in total. The molecule has 2 saturated carbocycles. The number of aliphatic hydroxyl groups excluding tert-OH is 1. The van der Waals surface area contributed by atoms with Gasteiger partial charge in [-0.05, 0) is 98.3 Å². The van der Waals surface area contributed by atoms with Crippen LogP contribution in [0.3, 0.4) is 0 Å². The molecule has 2 unspecified atom stereocenters. The van der Waals surface area contributed by atoms with Gasteiger partial charge >= 0.3 is 0 Å². The summed E-state index contributed by atoms with van der Waals surface area (Å²) >= 11 is 0. The van der Waals surface area contributed by atoms with Crippen LogP contribution in [0.5, 0.6) is 0 Å². The number of hydrogen-bond acceptors (Lipinski definition) is 11. The molecule has 0 radical (unpaired) electrons. The van der Waals surface area contributed by atoms with Crippen molar-refractivity contribution in [3.8, 4) is 0 Å². The van der Waals surface area contributed by atoms with Gasteiger partial charge in [-0.1, -0.05) is 65.2 Å². The summed E-state index contributed by atoms with van der Waals surface area (Å²) in [6.07, 6.45) is 22.3. The van der Waals surface area contributed by atoms with Crippen molar-refractivity contribution in [3.05, 3.63) is 0 Å². The van der Waals surface area contributed by atoms with Crippen LogP contribution in [-0.4, -0.2) is 105 Å². The van der Waals surface area contributed by atoms with E-state index in [4.69, 9.17) is 24.6 Å². The number of piperidine rings is 2. The minimum absolute atomic E-state index is 0.0880. The number of nitrogens with one attached hydrogen (secondary N) is 1. The van der Waals surface area contributed by atoms with Gasteiger partial charge in [0.05, 0.1) is 12.2 Å². The summed E-state index contributed by atoms with van der Waals surface area (Å²) in [6.45, 7) is 18.3. The molecule has 0 bridgehead atoms. The summed E-state index contributed by atoms with van der Waals surface area (Å²) in [6, 6.07) is 0.614. The van der Waals surface area contributed by atoms with Crippen LogP contribution in [0, 0.1) is 0 Å². The van der Waals surface area contributed by atoms with E-state index in [1.807, 2.05) is 0 Å². The monoisotopic (exact) mass is 715 g/mol. The average Bonchev–Trinajstić information content (AvgIpc) is 3.11. The van der Waals surface area contributed by atoms with Crippen molar-refractivity contribution in [2.24, 2.45) is 0 Å². The molecular formula is C40H74N8O3. The third-order valence-electron chi connectivity index (χ3n) is 11.9. The highest BCUT2D eigenvalue weighted by molar-refractivity contribution is 5.47. The molecule has 51 heavy (non-hydrogen) atoms. The van der Waals surface area contributed by atoms with Crippen LogP contribution >= 0.6 is 0 Å². The predicted molar refractivity (Wildman–Crippen MR) is 208 cm³/mol. The fraction of sp³-hybridized carbons (Fsp3) is 0.925. The molecule has 2 N–H and O–H groups in total. The second kappa shape index (κ2) is 19.5. The lowest BCUT2D eigenvalue weighted by Gasteiger charge is -2.49. The largest absolute Gasteiger partial charge is 0.396 e. The summed E-state index contributed by atoms with van der Waals surface area (Å²) < 4.78 is 0. The Morgan fingerprint density at radius 2 is 1.12 bits per heavy atom. The molecule has 292 valence electrons. The van der Waals surface area contributed by atoms with E-state index in [1.54, 1.807) is 0 Å². The molecule has 4 fully saturated rings. The lowest BCUT2D eigenvalue weighted by atomic mass is 9.87. The number of anilines is 3. The minimum Gasteiger partial charge on any atom is -0.396 e. The first kappa shape index (κ1) is 40.4. The SMILES string of the molecule is CCCCN(c1nc(NCCCO)nc(N(CCCC)C2CCN(OC3CCCCC3)C(C)(C)C2)n1)C1CCN(OC2CCCCC2)C(C)(C)C1. The summed E-state index contributed by atoms with van der Waals surface area (Å²) in [7, 11) is 0. The predicted octanol–water partition coefficient (Wildman–Crippen LogP) is 7.89. The Balaban J connectivity index is 1.40. The summed E-state index contributed by atoms with van der Waals surface area (Å²) in [5.41, 5.74) is -0.176. The van der Waals surface area contributed by atoms with Crippen molar-refractivity contribution in [2.75, 3.05) is 54.4 Å². The standard InChI is InChI=1S/C40H74N8O3/c1-7-9-25-45(32-22-27-47(39(3,4)30-32)50-34-18-13-11-14-19-34)37-42-36(41-24-17-29-49)43-38(44-37)46(26-10-8-2)33-23-28-48(40(5,6)31-33)51-35-20-15-12-16-21-35/h32-35,49H,7-31H2,1-6H3,(H,41,42,43,44). The van der Waals surface area contributed by atoms with Crippen molar-refractivity contribution in [2.45, 2.75) is 199 Å². The summed E-state index contributed by atoms with van der Waals surface area (Å²) in [5.74, 6) is 2.17. The normalized spacial score (nSPS) is 25.2. The molecule has 2 aliphatic carbocycles. The maximum absolute atomic E-state index is 9.57. The Kier molecular flexibility index (Phi) is 15.5. The van der Waals surface area contributed by atoms with Gasteiger partial charge in [0.25, 0.3) is 0 Å². The van der Waals surface area contributed by atoms with E-state index in [-0.39, 0.29) is 17.7 Å². The van der Waals surface area contributed by atoms with Gasteiger partial charge in [-0.15, -0.1) is 0 Å². The Hall–Kier alpha value is -1.79. The fourth-order valence-corrected chi connectivity index (χ4v) is 8.84. The first-order chi connectivity index (χ1) is 24.6. The highest BCUT2D eigenvalue weighted by atomic mass is 16.7. The quantitative estimate of drug-likeness (QED) is 0.145. The third-order valence-corrected chi connectivity index (χ3v) is 11.9. The van der Waals surface area contributed by atoms with Crippen LogP contribution in [0.25, 0.3) is 0 Å². The second-order valence-electron chi connectivity index (χ2n) is 17.2. The third kappa shape index (κ3) is 11.4. The maximum atomic E-state index is 9.57. The van der Waals surface area contributed by atoms with Gasteiger partial charge in [-0.25, -0.2) is 0 Å². The topological polar surface area (TPSA) is 102 Å². The summed E-state index contributed by atoms with van der Waals surface area (Å²) in [4.78, 5) is 34.0. The Bertz CT molecular complexity index is 1080. The summed E-state index contributed by atoms with van der Waals surface area (Å²) in [5, 5.41) is 17.6. The first-order valence-electron chi connectivity index (χ1n) is 21.2. The number of rotatable bonds is 18. The van der Waals surface area contributed by atoms with Gasteiger partial charge in [0.2, 0.25) is 17.8 Å². The van der Waals surface area contributed by atoms with E-state index in [1.165, 1.54) is 64.2 Å². The number of hydrogen-bond donors (Lipinski definition) is 2. The molecule has 2 aliphatic heterocycles. The smallest absolute Gasteiger partial charge is 0.232 e. The number of nitrogens with zero attached hydrogens (tertiary/aromatic N) is 7.